The summed E-state index contributed by atoms with van der Waals surface area (Å²) in [6.45, 7) is 1.01. The highest BCUT2D eigenvalue weighted by molar-refractivity contribution is 5.96. The number of nitriles is 1. The van der Waals surface area contributed by atoms with Crippen LogP contribution in [0.4, 0.5) is 13.2 Å². The van der Waals surface area contributed by atoms with Crippen molar-refractivity contribution in [2.45, 2.75) is 13.1 Å². The average molecular weight is 243 g/mol. The van der Waals surface area contributed by atoms with Crippen molar-refractivity contribution in [2.24, 2.45) is 0 Å². The first-order valence-electron chi connectivity index (χ1n) is 4.51. The van der Waals surface area contributed by atoms with E-state index in [0.717, 1.165) is 19.1 Å². The number of carbonyl (C=O) groups excluding carboxylic acids is 1. The van der Waals surface area contributed by atoms with Gasteiger partial charge in [-0.05, 0) is 19.1 Å². The van der Waals surface area contributed by atoms with Crippen molar-refractivity contribution in [1.29, 1.82) is 5.26 Å². The van der Waals surface area contributed by atoms with Crippen molar-refractivity contribution in [3.05, 3.63) is 28.8 Å². The van der Waals surface area contributed by atoms with Gasteiger partial charge in [0.25, 0.3) is 0 Å². The number of nitrogens with zero attached hydrogens (tertiary/aromatic N) is 1. The number of ether oxygens (including phenoxy) is 1. The zero-order chi connectivity index (χ0) is 13.2. The molecule has 6 heteroatoms. The number of hydrogen-bond donors (Lipinski definition) is 0. The van der Waals surface area contributed by atoms with E-state index in [1.165, 1.54) is 13.2 Å². The second kappa shape index (κ2) is 4.45. The monoisotopic (exact) mass is 243 g/mol. The molecule has 0 saturated carbocycles. The Bertz CT molecular complexity index is 501. The summed E-state index contributed by atoms with van der Waals surface area (Å²) in [5, 5.41) is 8.69. The highest BCUT2D eigenvalue weighted by Gasteiger charge is 2.38. The van der Waals surface area contributed by atoms with Crippen LogP contribution in [0.1, 0.15) is 28.4 Å². The molecule has 17 heavy (non-hydrogen) atoms. The Labute approximate surface area is 95.4 Å². The van der Waals surface area contributed by atoms with Crippen LogP contribution in [0.15, 0.2) is 12.1 Å². The highest BCUT2D eigenvalue weighted by Crippen LogP contribution is 2.36. The van der Waals surface area contributed by atoms with E-state index in [4.69, 9.17) is 10.00 Å². The van der Waals surface area contributed by atoms with Crippen LogP contribution < -0.4 is 4.74 Å². The molecule has 0 aliphatic rings. The Morgan fingerprint density at radius 2 is 2.00 bits per heavy atom. The van der Waals surface area contributed by atoms with Crippen molar-refractivity contribution in [3.63, 3.8) is 0 Å². The van der Waals surface area contributed by atoms with Gasteiger partial charge in [-0.1, -0.05) is 0 Å². The number of methoxy groups -OCH3 is 1. The number of ketones is 1. The predicted molar refractivity (Wildman–Crippen MR) is 52.7 cm³/mol. The second-order valence-electron chi connectivity index (χ2n) is 3.26. The van der Waals surface area contributed by atoms with Gasteiger partial charge in [-0.2, -0.15) is 18.4 Å². The molecule has 0 aromatic heterocycles. The van der Waals surface area contributed by atoms with Gasteiger partial charge in [-0.25, -0.2) is 0 Å². The number of halogens is 3. The standard InChI is InChI=1S/C11H8F3NO2/c1-6(16)9-4-8(17-2)3-7(5-15)10(9)11(12,13)14/h3-4H,1-2H3. The van der Waals surface area contributed by atoms with Crippen molar-refractivity contribution in [1.82, 2.24) is 0 Å². The molecule has 0 heterocycles. The van der Waals surface area contributed by atoms with Gasteiger partial charge >= 0.3 is 6.18 Å². The molecule has 0 spiro atoms. The molecule has 0 saturated heterocycles. The maximum Gasteiger partial charge on any atom is 0.418 e. The molecule has 0 unspecified atom stereocenters. The summed E-state index contributed by atoms with van der Waals surface area (Å²) in [7, 11) is 1.24. The maximum atomic E-state index is 12.7. The van der Waals surface area contributed by atoms with E-state index in [1.807, 2.05) is 0 Å². The molecule has 90 valence electrons. The summed E-state index contributed by atoms with van der Waals surface area (Å²) in [5.74, 6) is -0.729. The molecule has 1 rings (SSSR count). The fraction of sp³-hybridized carbons (Fsp3) is 0.273. The van der Waals surface area contributed by atoms with Gasteiger partial charge in [0.2, 0.25) is 0 Å². The highest BCUT2D eigenvalue weighted by atomic mass is 19.4. The Kier molecular flexibility index (Phi) is 3.42. The number of Topliss-reactive ketones (excluding diaryl/α,β-unsaturated/α-hetero) is 1. The van der Waals surface area contributed by atoms with Gasteiger partial charge in [0, 0.05) is 5.56 Å². The van der Waals surface area contributed by atoms with Crippen LogP contribution in [0.5, 0.6) is 5.75 Å². The minimum atomic E-state index is -4.75. The van der Waals surface area contributed by atoms with Crippen LogP contribution in [0.25, 0.3) is 0 Å². The van der Waals surface area contributed by atoms with Crippen molar-refractivity contribution < 1.29 is 22.7 Å². The first-order chi connectivity index (χ1) is 7.81. The Hall–Kier alpha value is -2.03. The minimum Gasteiger partial charge on any atom is -0.497 e. The Morgan fingerprint density at radius 1 is 1.41 bits per heavy atom. The van der Waals surface area contributed by atoms with E-state index in [9.17, 15) is 18.0 Å². The molecule has 0 atom stereocenters. The van der Waals surface area contributed by atoms with Crippen LogP contribution in [-0.4, -0.2) is 12.9 Å². The summed E-state index contributed by atoms with van der Waals surface area (Å²) >= 11 is 0. The topological polar surface area (TPSA) is 50.1 Å². The van der Waals surface area contributed by atoms with Crippen LogP contribution in [0.2, 0.25) is 0 Å². The lowest BCUT2D eigenvalue weighted by atomic mass is 9.98. The van der Waals surface area contributed by atoms with E-state index < -0.39 is 28.6 Å². The third kappa shape index (κ3) is 2.56. The molecule has 1 aromatic rings. The van der Waals surface area contributed by atoms with Crippen LogP contribution in [0.3, 0.4) is 0 Å². The fourth-order valence-electron chi connectivity index (χ4n) is 1.40. The lowest BCUT2D eigenvalue weighted by Gasteiger charge is -2.14. The molecule has 0 aliphatic carbocycles. The van der Waals surface area contributed by atoms with E-state index in [1.54, 1.807) is 0 Å². The van der Waals surface area contributed by atoms with E-state index in [2.05, 4.69) is 0 Å². The number of rotatable bonds is 2. The molecule has 0 amide bonds. The molecule has 0 radical (unpaired) electrons. The summed E-state index contributed by atoms with van der Waals surface area (Å²) in [4.78, 5) is 11.2. The summed E-state index contributed by atoms with van der Waals surface area (Å²) in [6, 6.07) is 3.35. The third-order valence-electron chi connectivity index (χ3n) is 2.13. The van der Waals surface area contributed by atoms with Crippen molar-refractivity contribution in [3.8, 4) is 11.8 Å². The van der Waals surface area contributed by atoms with E-state index in [-0.39, 0.29) is 5.75 Å². The average Bonchev–Trinajstić information content (AvgIpc) is 2.25. The first-order valence-corrected chi connectivity index (χ1v) is 4.51. The third-order valence-corrected chi connectivity index (χ3v) is 2.13. The van der Waals surface area contributed by atoms with Gasteiger partial charge in [-0.15, -0.1) is 0 Å². The molecule has 0 aliphatic heterocycles. The first kappa shape index (κ1) is 13.0. The van der Waals surface area contributed by atoms with Gasteiger partial charge in [0.05, 0.1) is 24.3 Å². The lowest BCUT2D eigenvalue weighted by Crippen LogP contribution is -2.14. The van der Waals surface area contributed by atoms with E-state index >= 15 is 0 Å². The van der Waals surface area contributed by atoms with Gasteiger partial charge in [-0.3, -0.25) is 4.79 Å². The fourth-order valence-corrected chi connectivity index (χ4v) is 1.40. The Morgan fingerprint density at radius 3 is 2.35 bits per heavy atom. The normalized spacial score (nSPS) is 10.8. The molecular weight excluding hydrogens is 235 g/mol. The van der Waals surface area contributed by atoms with Gasteiger partial charge in [0.15, 0.2) is 5.78 Å². The molecule has 0 N–H and O–H groups in total. The Balaban J connectivity index is 3.66. The molecule has 1 aromatic carbocycles. The smallest absolute Gasteiger partial charge is 0.418 e. The molecule has 0 bridgehead atoms. The zero-order valence-corrected chi connectivity index (χ0v) is 9.05. The van der Waals surface area contributed by atoms with Crippen LogP contribution in [0, 0.1) is 11.3 Å². The maximum absolute atomic E-state index is 12.7. The second-order valence-corrected chi connectivity index (χ2v) is 3.26. The van der Waals surface area contributed by atoms with Gasteiger partial charge < -0.3 is 4.74 Å². The van der Waals surface area contributed by atoms with Crippen LogP contribution in [-0.2, 0) is 6.18 Å². The number of carbonyl (C=O) groups is 1. The zero-order valence-electron chi connectivity index (χ0n) is 9.05. The van der Waals surface area contributed by atoms with Crippen molar-refractivity contribution >= 4 is 5.78 Å². The summed E-state index contributed by atoms with van der Waals surface area (Å²) in [5.41, 5.74) is -2.40. The van der Waals surface area contributed by atoms with Gasteiger partial charge in [0.1, 0.15) is 5.75 Å². The number of hydrogen-bond acceptors (Lipinski definition) is 3. The quantitative estimate of drug-likeness (QED) is 0.750. The number of benzene rings is 1. The largest absolute Gasteiger partial charge is 0.497 e. The summed E-state index contributed by atoms with van der Waals surface area (Å²) in [6.07, 6.45) is -4.75. The molecule has 0 fully saturated rings. The lowest BCUT2D eigenvalue weighted by molar-refractivity contribution is -0.138. The molecular formula is C11H8F3NO2. The SMILES string of the molecule is COc1cc(C#N)c(C(F)(F)F)c(C(C)=O)c1. The summed E-state index contributed by atoms with van der Waals surface area (Å²) < 4.78 is 43.0. The number of alkyl halides is 3. The van der Waals surface area contributed by atoms with Crippen LogP contribution >= 0.6 is 0 Å². The predicted octanol–water partition coefficient (Wildman–Crippen LogP) is 2.79. The minimum absolute atomic E-state index is 0.0414. The van der Waals surface area contributed by atoms with E-state index in [0.29, 0.717) is 0 Å². The molecule has 3 nitrogen and oxygen atoms in total. The van der Waals surface area contributed by atoms with Crippen molar-refractivity contribution in [2.75, 3.05) is 7.11 Å².